The Morgan fingerprint density at radius 3 is 0.987 bits per heavy atom. The molecule has 0 unspecified atom stereocenters. The van der Waals surface area contributed by atoms with E-state index in [1.165, 1.54) is 0 Å². The molecule has 0 bridgehead atoms. The quantitative estimate of drug-likeness (QED) is 0.117. The van der Waals surface area contributed by atoms with Gasteiger partial charge in [0.15, 0.2) is 0 Å². The van der Waals surface area contributed by atoms with Gasteiger partial charge in [0.25, 0.3) is 0 Å². The first-order valence-corrected chi connectivity index (χ1v) is 25.7. The fraction of sp³-hybridized carbons (Fsp3) is 0. The summed E-state index contributed by atoms with van der Waals surface area (Å²) in [5.74, 6) is 1.87. The molecule has 0 saturated carbocycles. The summed E-state index contributed by atoms with van der Waals surface area (Å²) in [6, 6.07) is 90.9. The molecular weight excluding hydrogens is 961 g/mol. The molecule has 368 valence electrons. The largest absolute Gasteiger partial charge is 0.416 e. The van der Waals surface area contributed by atoms with Gasteiger partial charge in [0.1, 0.15) is 0 Å². The molecule has 3 aromatic heterocycles. The van der Waals surface area contributed by atoms with Crippen LogP contribution in [0.1, 0.15) is 0 Å². The first kappa shape index (κ1) is 45.7. The maximum Gasteiger partial charge on any atom is 0.248 e. The summed E-state index contributed by atoms with van der Waals surface area (Å²) >= 11 is 0. The van der Waals surface area contributed by atoms with Crippen molar-refractivity contribution >= 4 is 66.7 Å². The van der Waals surface area contributed by atoms with E-state index in [0.717, 1.165) is 111 Å². The lowest BCUT2D eigenvalue weighted by molar-refractivity contribution is 0.585. The molecule has 0 atom stereocenters. The molecule has 11 aromatic carbocycles. The van der Waals surface area contributed by atoms with Crippen LogP contribution in [0, 0.1) is 0 Å². The highest BCUT2D eigenvalue weighted by molar-refractivity contribution is 6.06. The van der Waals surface area contributed by atoms with Crippen LogP contribution in [-0.2, 0) is 0 Å². The zero-order chi connectivity index (χ0) is 51.8. The zero-order valence-corrected chi connectivity index (χ0v) is 41.8. The van der Waals surface area contributed by atoms with E-state index in [2.05, 4.69) is 176 Å². The van der Waals surface area contributed by atoms with Crippen LogP contribution in [0.15, 0.2) is 276 Å². The lowest BCUT2D eigenvalue weighted by Gasteiger charge is -2.27. The first-order valence-electron chi connectivity index (χ1n) is 25.7. The maximum atomic E-state index is 6.30. The number of anilines is 6. The van der Waals surface area contributed by atoms with Crippen LogP contribution in [0.4, 0.5) is 34.1 Å². The molecule has 10 heteroatoms. The summed E-state index contributed by atoms with van der Waals surface area (Å²) in [6.07, 6.45) is 0. The second-order valence-electron chi connectivity index (χ2n) is 18.8. The summed E-state index contributed by atoms with van der Waals surface area (Å²) in [7, 11) is 0. The van der Waals surface area contributed by atoms with E-state index in [1.54, 1.807) is 0 Å². The van der Waals surface area contributed by atoms with Crippen molar-refractivity contribution in [2.24, 2.45) is 0 Å². The minimum Gasteiger partial charge on any atom is -0.416 e. The number of rotatable bonds is 12. The molecule has 0 radical (unpaired) electrons. The monoisotopic (exact) mass is 1000 g/mol. The second-order valence-corrected chi connectivity index (χ2v) is 18.8. The van der Waals surface area contributed by atoms with Gasteiger partial charge in [-0.1, -0.05) is 158 Å². The lowest BCUT2D eigenvalue weighted by atomic mass is 10.00. The number of aromatic nitrogens is 6. The van der Waals surface area contributed by atoms with Gasteiger partial charge in [0, 0.05) is 66.9 Å². The standard InChI is InChI=1S/C68H44N8O2/c1-5-19-47(20-6-1)65-71-73-67(77-65)57-31-15-29-55-53(57)27-17-35-61(55)75(49-23-9-3-10-24-49)51-41-37-45(38-42-51)63-64(70-60-34-14-13-33-59(60)69-63)46-39-43-52(44-40-46)76(50-25-11-4-12-26-50)62-36-18-28-54-56(62)30-16-32-58(54)68-74-72-66(78-68)48-21-7-2-8-22-48/h1-44H. The highest BCUT2D eigenvalue weighted by Gasteiger charge is 2.23. The van der Waals surface area contributed by atoms with Gasteiger partial charge in [0.2, 0.25) is 23.6 Å². The fourth-order valence-electron chi connectivity index (χ4n) is 10.4. The van der Waals surface area contributed by atoms with Gasteiger partial charge in [-0.2, -0.15) is 0 Å². The Morgan fingerprint density at radius 1 is 0.244 bits per heavy atom. The molecule has 0 saturated heterocycles. The Balaban J connectivity index is 0.832. The third-order valence-corrected chi connectivity index (χ3v) is 14.0. The number of fused-ring (bicyclic) bond motifs is 3. The number of nitrogens with zero attached hydrogens (tertiary/aromatic N) is 8. The number of benzene rings is 11. The van der Waals surface area contributed by atoms with Gasteiger partial charge in [-0.25, -0.2) is 9.97 Å². The predicted octanol–water partition coefficient (Wildman–Crippen LogP) is 17.6. The smallest absolute Gasteiger partial charge is 0.248 e. The van der Waals surface area contributed by atoms with E-state index < -0.39 is 0 Å². The summed E-state index contributed by atoms with van der Waals surface area (Å²) in [4.78, 5) is 15.2. The van der Waals surface area contributed by atoms with E-state index in [4.69, 9.17) is 18.8 Å². The van der Waals surface area contributed by atoms with Crippen LogP contribution in [0.25, 0.3) is 101 Å². The van der Waals surface area contributed by atoms with Crippen LogP contribution in [0.3, 0.4) is 0 Å². The molecule has 0 aliphatic rings. The Bertz CT molecular complexity index is 4150. The lowest BCUT2D eigenvalue weighted by Crippen LogP contribution is -2.10. The van der Waals surface area contributed by atoms with Gasteiger partial charge in [-0.15, -0.1) is 20.4 Å². The summed E-state index contributed by atoms with van der Waals surface area (Å²) in [5, 5.41) is 21.9. The van der Waals surface area contributed by atoms with Crippen molar-refractivity contribution in [3.05, 3.63) is 267 Å². The molecule has 14 rings (SSSR count). The maximum absolute atomic E-state index is 6.30. The van der Waals surface area contributed by atoms with Crippen molar-refractivity contribution in [1.29, 1.82) is 0 Å². The first-order chi connectivity index (χ1) is 38.7. The minimum atomic E-state index is 0.460. The number of hydrogen-bond donors (Lipinski definition) is 0. The van der Waals surface area contributed by atoms with Crippen molar-refractivity contribution in [2.75, 3.05) is 9.80 Å². The van der Waals surface area contributed by atoms with Crippen LogP contribution in [0.5, 0.6) is 0 Å². The van der Waals surface area contributed by atoms with Gasteiger partial charge in [0.05, 0.1) is 33.8 Å². The van der Waals surface area contributed by atoms with Gasteiger partial charge < -0.3 is 18.6 Å². The highest BCUT2D eigenvalue weighted by Crippen LogP contribution is 2.45. The van der Waals surface area contributed by atoms with Crippen molar-refractivity contribution in [2.45, 2.75) is 0 Å². The fourth-order valence-corrected chi connectivity index (χ4v) is 10.4. The molecule has 14 aromatic rings. The molecule has 0 fully saturated rings. The van der Waals surface area contributed by atoms with E-state index in [-0.39, 0.29) is 0 Å². The highest BCUT2D eigenvalue weighted by atomic mass is 16.4. The SMILES string of the molecule is c1ccc(-c2nnc(-c3cccc4c(N(c5ccccc5)c5ccc(-c6nc7ccccc7nc6-c6ccc(N(c7ccccc7)c7cccc8c(-c9nnc(-c%10ccccc%10)o9)cccc78)cc6)cc5)cccc34)o2)cc1. The average Bonchev–Trinajstić information content (AvgIpc) is 4.24. The Kier molecular flexibility index (Phi) is 11.6. The van der Waals surface area contributed by atoms with Crippen LogP contribution in [0.2, 0.25) is 0 Å². The third kappa shape index (κ3) is 8.45. The number of hydrogen-bond acceptors (Lipinski definition) is 10. The van der Waals surface area contributed by atoms with Crippen LogP contribution < -0.4 is 9.80 Å². The molecular formula is C68H44N8O2. The molecule has 0 aliphatic heterocycles. The molecule has 0 aliphatic carbocycles. The van der Waals surface area contributed by atoms with Gasteiger partial charge >= 0.3 is 0 Å². The number of para-hydroxylation sites is 4. The summed E-state index contributed by atoms with van der Waals surface area (Å²) < 4.78 is 12.6. The normalized spacial score (nSPS) is 11.3. The Labute approximate surface area is 448 Å². The third-order valence-electron chi connectivity index (χ3n) is 14.0. The van der Waals surface area contributed by atoms with Crippen molar-refractivity contribution < 1.29 is 8.83 Å². The zero-order valence-electron chi connectivity index (χ0n) is 41.8. The molecule has 0 amide bonds. The van der Waals surface area contributed by atoms with E-state index in [1.807, 2.05) is 121 Å². The topological polar surface area (TPSA) is 110 Å². The molecule has 10 nitrogen and oxygen atoms in total. The van der Waals surface area contributed by atoms with E-state index in [9.17, 15) is 0 Å². The van der Waals surface area contributed by atoms with Crippen LogP contribution in [-0.4, -0.2) is 30.4 Å². The van der Waals surface area contributed by atoms with Gasteiger partial charge in [-0.05, 0) is 120 Å². The summed E-state index contributed by atoms with van der Waals surface area (Å²) in [6.45, 7) is 0. The van der Waals surface area contributed by atoms with Crippen molar-refractivity contribution in [1.82, 2.24) is 30.4 Å². The molecule has 3 heterocycles. The van der Waals surface area contributed by atoms with E-state index in [0.29, 0.717) is 23.6 Å². The average molecular weight is 1010 g/mol. The van der Waals surface area contributed by atoms with Crippen molar-refractivity contribution in [3.8, 4) is 68.3 Å². The van der Waals surface area contributed by atoms with Crippen LogP contribution >= 0.6 is 0 Å². The molecule has 78 heavy (non-hydrogen) atoms. The Morgan fingerprint density at radius 2 is 0.577 bits per heavy atom. The molecule has 0 N–H and O–H groups in total. The minimum absolute atomic E-state index is 0.460. The Hall–Kier alpha value is -10.8. The summed E-state index contributed by atoms with van der Waals surface area (Å²) in [5.41, 5.74) is 14.5. The van der Waals surface area contributed by atoms with Crippen molar-refractivity contribution in [3.63, 3.8) is 0 Å². The van der Waals surface area contributed by atoms with Gasteiger partial charge in [-0.3, -0.25) is 0 Å². The predicted molar refractivity (Wildman–Crippen MR) is 312 cm³/mol. The van der Waals surface area contributed by atoms with E-state index >= 15 is 0 Å². The molecule has 0 spiro atoms. The second kappa shape index (κ2) is 19.8.